The van der Waals surface area contributed by atoms with Gasteiger partial charge in [-0.05, 0) is 69.8 Å². The molecule has 0 aliphatic rings. The Bertz CT molecular complexity index is 2610. The van der Waals surface area contributed by atoms with Crippen LogP contribution in [0, 0.1) is 0 Å². The van der Waals surface area contributed by atoms with Gasteiger partial charge < -0.3 is 10.2 Å². The van der Waals surface area contributed by atoms with Crippen LogP contribution in [0.5, 0.6) is 11.5 Å². The van der Waals surface area contributed by atoms with E-state index in [0.717, 1.165) is 33.4 Å². The van der Waals surface area contributed by atoms with Crippen LogP contribution < -0.4 is 0 Å². The van der Waals surface area contributed by atoms with Crippen molar-refractivity contribution in [2.24, 2.45) is 0 Å². The van der Waals surface area contributed by atoms with E-state index >= 15 is 0 Å². The number of hydrogen-bond acceptors (Lipinski definition) is 8. The standard InChI is InChI=1S/2C22H14Cl2N2O2/c2*23-21-18-8-7-16(12-19(18)22(24)26-25-21)20(28)10-13-3-1-4-14(9-13)15-5-2-6-17(27)11-15/h2*1-9,11-12,27H,10H2. The first-order valence-electron chi connectivity index (χ1n) is 17.1. The predicted octanol–water partition coefficient (Wildman–Crippen LogP) is 11.5. The van der Waals surface area contributed by atoms with E-state index in [2.05, 4.69) is 20.4 Å². The fourth-order valence-corrected chi connectivity index (χ4v) is 6.99. The van der Waals surface area contributed by atoms with Gasteiger partial charge in [0, 0.05) is 45.5 Å². The molecule has 0 fully saturated rings. The van der Waals surface area contributed by atoms with Crippen LogP contribution in [0.25, 0.3) is 43.8 Å². The Balaban J connectivity index is 0.000000172. The number of nitrogens with zero attached hydrogens (tertiary/aromatic N) is 4. The van der Waals surface area contributed by atoms with Crippen molar-refractivity contribution in [3.8, 4) is 33.8 Å². The average molecular weight is 819 g/mol. The lowest BCUT2D eigenvalue weighted by Gasteiger charge is -2.07. The van der Waals surface area contributed by atoms with Crippen molar-refractivity contribution in [2.75, 3.05) is 0 Å². The third-order valence-corrected chi connectivity index (χ3v) is 10.1. The summed E-state index contributed by atoms with van der Waals surface area (Å²) in [6.07, 6.45) is 0.476. The highest BCUT2D eigenvalue weighted by Gasteiger charge is 2.15. The van der Waals surface area contributed by atoms with Crippen molar-refractivity contribution < 1.29 is 19.8 Å². The molecule has 0 radical (unpaired) electrons. The molecule has 12 heteroatoms. The first-order chi connectivity index (χ1) is 27.0. The molecule has 0 saturated carbocycles. The van der Waals surface area contributed by atoms with Crippen LogP contribution in [0.4, 0.5) is 0 Å². The number of rotatable bonds is 8. The van der Waals surface area contributed by atoms with Gasteiger partial charge in [-0.25, -0.2) is 0 Å². The van der Waals surface area contributed by atoms with Crippen LogP contribution in [-0.2, 0) is 12.8 Å². The lowest BCUT2D eigenvalue weighted by Crippen LogP contribution is -2.04. The van der Waals surface area contributed by atoms with Crippen LogP contribution >= 0.6 is 46.4 Å². The molecule has 56 heavy (non-hydrogen) atoms. The molecule has 2 heterocycles. The lowest BCUT2D eigenvalue weighted by molar-refractivity contribution is 0.0985. The fourth-order valence-electron chi connectivity index (χ4n) is 6.20. The molecule has 276 valence electrons. The maximum atomic E-state index is 12.8. The Morgan fingerprint density at radius 1 is 0.411 bits per heavy atom. The predicted molar refractivity (Wildman–Crippen MR) is 222 cm³/mol. The molecule has 0 saturated heterocycles. The van der Waals surface area contributed by atoms with Crippen LogP contribution in [0.3, 0.4) is 0 Å². The van der Waals surface area contributed by atoms with Crippen LogP contribution in [0.15, 0.2) is 133 Å². The van der Waals surface area contributed by atoms with Crippen molar-refractivity contribution in [3.63, 3.8) is 0 Å². The summed E-state index contributed by atoms with van der Waals surface area (Å²) in [6.45, 7) is 0. The van der Waals surface area contributed by atoms with E-state index in [0.29, 0.717) is 32.7 Å². The summed E-state index contributed by atoms with van der Waals surface area (Å²) in [5, 5.41) is 37.9. The average Bonchev–Trinajstić information content (AvgIpc) is 3.21. The van der Waals surface area contributed by atoms with Crippen molar-refractivity contribution >= 4 is 79.5 Å². The summed E-state index contributed by atoms with van der Waals surface area (Å²) in [4.78, 5) is 25.6. The molecule has 0 aliphatic carbocycles. The van der Waals surface area contributed by atoms with Gasteiger partial charge in [0.25, 0.3) is 0 Å². The summed E-state index contributed by atoms with van der Waals surface area (Å²) in [6, 6.07) is 39.7. The molecule has 0 aliphatic heterocycles. The highest BCUT2D eigenvalue weighted by molar-refractivity contribution is 6.39. The van der Waals surface area contributed by atoms with Gasteiger partial charge in [-0.2, -0.15) is 0 Å². The Labute approximate surface area is 340 Å². The minimum absolute atomic E-state index is 0.0426. The summed E-state index contributed by atoms with van der Waals surface area (Å²) in [7, 11) is 0. The number of benzene rings is 6. The minimum Gasteiger partial charge on any atom is -0.508 e. The van der Waals surface area contributed by atoms with Crippen molar-refractivity contribution in [1.29, 1.82) is 0 Å². The minimum atomic E-state index is -0.0426. The smallest absolute Gasteiger partial charge is 0.167 e. The molecule has 2 aromatic heterocycles. The molecule has 0 amide bonds. The van der Waals surface area contributed by atoms with E-state index in [1.165, 1.54) is 0 Å². The lowest BCUT2D eigenvalue weighted by atomic mass is 9.97. The number of ketones is 2. The molecule has 0 atom stereocenters. The number of Topliss-reactive ketones (excluding diaryl/α,β-unsaturated/α-hetero) is 2. The van der Waals surface area contributed by atoms with Crippen molar-refractivity contribution in [1.82, 2.24) is 20.4 Å². The number of aromatic hydroxyl groups is 2. The monoisotopic (exact) mass is 816 g/mol. The number of carbonyl (C=O) groups is 2. The molecular formula is C44H28Cl4N4O4. The largest absolute Gasteiger partial charge is 0.508 e. The molecular weight excluding hydrogens is 790 g/mol. The highest BCUT2D eigenvalue weighted by Crippen LogP contribution is 2.30. The first kappa shape index (κ1) is 38.4. The molecule has 0 spiro atoms. The van der Waals surface area contributed by atoms with Gasteiger partial charge in [0.2, 0.25) is 0 Å². The molecule has 2 N–H and O–H groups in total. The molecule has 8 aromatic rings. The zero-order valence-corrected chi connectivity index (χ0v) is 32.2. The number of phenols is 2. The summed E-state index contributed by atoms with van der Waals surface area (Å²) in [5.74, 6) is 0.320. The fraction of sp³-hybridized carbons (Fsp3) is 0.0455. The van der Waals surface area contributed by atoms with Gasteiger partial charge in [0.15, 0.2) is 32.2 Å². The van der Waals surface area contributed by atoms with Gasteiger partial charge in [-0.15, -0.1) is 20.4 Å². The SMILES string of the molecule is O=C(Cc1cccc(-c2cccc(O)c2)c1)c1ccc2c(Cl)nnc(Cl)c2c1.O=C(Cc1cccc(-c2cccc(O)c2)c1)c1ccc2c(Cl)nnc(Cl)c2c1. The second-order valence-electron chi connectivity index (χ2n) is 12.8. The van der Waals surface area contributed by atoms with Crippen molar-refractivity contribution in [2.45, 2.75) is 12.8 Å². The molecule has 0 bridgehead atoms. The van der Waals surface area contributed by atoms with E-state index in [-0.39, 0.29) is 56.5 Å². The number of phenolic OH excluding ortho intramolecular Hbond substituents is 2. The molecule has 6 aromatic carbocycles. The topological polar surface area (TPSA) is 126 Å². The number of fused-ring (bicyclic) bond motifs is 2. The normalized spacial score (nSPS) is 10.9. The third kappa shape index (κ3) is 8.80. The van der Waals surface area contributed by atoms with E-state index in [4.69, 9.17) is 46.4 Å². The van der Waals surface area contributed by atoms with Gasteiger partial charge in [0.1, 0.15) is 11.5 Å². The van der Waals surface area contributed by atoms with Crippen molar-refractivity contribution in [3.05, 3.63) is 176 Å². The maximum absolute atomic E-state index is 12.8. The van der Waals surface area contributed by atoms with Crippen LogP contribution in [0.1, 0.15) is 31.8 Å². The number of aromatic nitrogens is 4. The maximum Gasteiger partial charge on any atom is 0.167 e. The Hall–Kier alpha value is -5.90. The second kappa shape index (κ2) is 16.9. The number of hydrogen-bond donors (Lipinski definition) is 2. The zero-order valence-electron chi connectivity index (χ0n) is 29.1. The summed E-state index contributed by atoms with van der Waals surface area (Å²) >= 11 is 24.3. The molecule has 8 rings (SSSR count). The number of halogens is 4. The van der Waals surface area contributed by atoms with E-state index in [1.54, 1.807) is 72.8 Å². The Morgan fingerprint density at radius 3 is 1.12 bits per heavy atom. The van der Waals surface area contributed by atoms with Crippen LogP contribution in [0.2, 0.25) is 20.6 Å². The number of carbonyl (C=O) groups excluding carboxylic acids is 2. The second-order valence-corrected chi connectivity index (χ2v) is 14.2. The summed E-state index contributed by atoms with van der Waals surface area (Å²) < 4.78 is 0. The highest BCUT2D eigenvalue weighted by atomic mass is 35.5. The van der Waals surface area contributed by atoms with E-state index in [1.807, 2.05) is 60.7 Å². The van der Waals surface area contributed by atoms with Gasteiger partial charge >= 0.3 is 0 Å². The summed E-state index contributed by atoms with van der Waals surface area (Å²) in [5.41, 5.74) is 6.46. The van der Waals surface area contributed by atoms with Gasteiger partial charge in [0.05, 0.1) is 0 Å². The van der Waals surface area contributed by atoms with E-state index < -0.39 is 0 Å². The quantitative estimate of drug-likeness (QED) is 0.145. The zero-order chi connectivity index (χ0) is 39.3. The molecule has 0 unspecified atom stereocenters. The molecule has 8 nitrogen and oxygen atoms in total. The third-order valence-electron chi connectivity index (χ3n) is 8.97. The Morgan fingerprint density at radius 2 is 0.750 bits per heavy atom. The van der Waals surface area contributed by atoms with Gasteiger partial charge in [-0.1, -0.05) is 143 Å². The Kier molecular flexibility index (Phi) is 11.5. The first-order valence-corrected chi connectivity index (χ1v) is 18.6. The van der Waals surface area contributed by atoms with Crippen LogP contribution in [-0.4, -0.2) is 42.2 Å². The van der Waals surface area contributed by atoms with E-state index in [9.17, 15) is 19.8 Å². The van der Waals surface area contributed by atoms with Gasteiger partial charge in [-0.3, -0.25) is 9.59 Å².